The van der Waals surface area contributed by atoms with Gasteiger partial charge in [-0.25, -0.2) is 0 Å². The number of hydrogen-bond donors (Lipinski definition) is 2. The average Bonchev–Trinajstić information content (AvgIpc) is 2.28. The molecule has 1 rings (SSSR count). The molecule has 96 valence electrons. The highest BCUT2D eigenvalue weighted by Crippen LogP contribution is 2.12. The second kappa shape index (κ2) is 7.30. The number of aliphatic hydroxyl groups is 1. The average molecular weight is 237 g/mol. The third-order valence-corrected chi connectivity index (χ3v) is 2.59. The van der Waals surface area contributed by atoms with Crippen LogP contribution >= 0.6 is 0 Å². The molecule has 1 unspecified atom stereocenters. The predicted octanol–water partition coefficient (Wildman–Crippen LogP) is 2.19. The number of methoxy groups -OCH3 is 1. The molecule has 0 saturated carbocycles. The van der Waals surface area contributed by atoms with Crippen molar-refractivity contribution in [2.24, 2.45) is 5.92 Å². The number of rotatable bonds is 7. The van der Waals surface area contributed by atoms with Gasteiger partial charge in [-0.1, -0.05) is 26.0 Å². The molecule has 3 heteroatoms. The molecule has 2 N–H and O–H groups in total. The summed E-state index contributed by atoms with van der Waals surface area (Å²) in [7, 11) is 1.67. The van der Waals surface area contributed by atoms with E-state index >= 15 is 0 Å². The van der Waals surface area contributed by atoms with Crippen LogP contribution in [0.4, 0.5) is 0 Å². The summed E-state index contributed by atoms with van der Waals surface area (Å²) in [4.78, 5) is 0. The summed E-state index contributed by atoms with van der Waals surface area (Å²) in [6.07, 6.45) is 0.575. The molecule has 0 aromatic heterocycles. The predicted molar refractivity (Wildman–Crippen MR) is 70.2 cm³/mol. The van der Waals surface area contributed by atoms with E-state index in [1.54, 1.807) is 7.11 Å². The zero-order valence-corrected chi connectivity index (χ0v) is 10.9. The van der Waals surface area contributed by atoms with E-state index in [-0.39, 0.29) is 6.10 Å². The first kappa shape index (κ1) is 14.0. The number of ether oxygens (including phenoxy) is 1. The molecular weight excluding hydrogens is 214 g/mol. The van der Waals surface area contributed by atoms with Gasteiger partial charge in [0.05, 0.1) is 13.2 Å². The summed E-state index contributed by atoms with van der Waals surface area (Å²) in [6, 6.07) is 7.95. The lowest BCUT2D eigenvalue weighted by molar-refractivity contribution is 0.146. The maximum absolute atomic E-state index is 9.71. The number of nitrogens with one attached hydrogen (secondary N) is 1. The van der Waals surface area contributed by atoms with Crippen LogP contribution < -0.4 is 10.1 Å². The molecule has 0 aliphatic heterocycles. The second-order valence-corrected chi connectivity index (χ2v) is 4.77. The van der Waals surface area contributed by atoms with Crippen molar-refractivity contribution in [3.05, 3.63) is 29.8 Å². The first-order valence-corrected chi connectivity index (χ1v) is 6.13. The van der Waals surface area contributed by atoms with Crippen molar-refractivity contribution in [1.82, 2.24) is 5.32 Å². The first-order valence-electron chi connectivity index (χ1n) is 6.13. The maximum Gasteiger partial charge on any atom is 0.119 e. The summed E-state index contributed by atoms with van der Waals surface area (Å²) < 4.78 is 5.16. The summed E-state index contributed by atoms with van der Waals surface area (Å²) in [5, 5.41) is 13.0. The Hall–Kier alpha value is -1.06. The van der Waals surface area contributed by atoms with Crippen LogP contribution in [0.15, 0.2) is 24.3 Å². The normalized spacial score (nSPS) is 12.8. The van der Waals surface area contributed by atoms with Gasteiger partial charge in [-0.3, -0.25) is 0 Å². The molecule has 0 fully saturated rings. The van der Waals surface area contributed by atoms with Crippen molar-refractivity contribution in [2.75, 3.05) is 13.7 Å². The van der Waals surface area contributed by atoms with Crippen LogP contribution in [0, 0.1) is 5.92 Å². The van der Waals surface area contributed by atoms with Gasteiger partial charge in [0.25, 0.3) is 0 Å². The lowest BCUT2D eigenvalue weighted by Crippen LogP contribution is -2.27. The van der Waals surface area contributed by atoms with E-state index in [2.05, 4.69) is 19.2 Å². The van der Waals surface area contributed by atoms with Crippen LogP contribution in [-0.4, -0.2) is 24.9 Å². The quantitative estimate of drug-likeness (QED) is 0.764. The van der Waals surface area contributed by atoms with Gasteiger partial charge in [-0.2, -0.15) is 0 Å². The molecular formula is C14H23NO2. The summed E-state index contributed by atoms with van der Waals surface area (Å²) in [6.45, 7) is 5.62. The van der Waals surface area contributed by atoms with Crippen molar-refractivity contribution in [1.29, 1.82) is 0 Å². The van der Waals surface area contributed by atoms with Crippen molar-refractivity contribution >= 4 is 0 Å². The van der Waals surface area contributed by atoms with Crippen molar-refractivity contribution in [3.63, 3.8) is 0 Å². The highest BCUT2D eigenvalue weighted by molar-refractivity contribution is 5.28. The van der Waals surface area contributed by atoms with Gasteiger partial charge in [-0.15, -0.1) is 0 Å². The molecule has 1 aromatic carbocycles. The minimum atomic E-state index is -0.263. The molecule has 3 nitrogen and oxygen atoms in total. The van der Waals surface area contributed by atoms with Crippen LogP contribution in [-0.2, 0) is 6.54 Å². The lowest BCUT2D eigenvalue weighted by atomic mass is 10.1. The standard InChI is InChI=1S/C14H23NO2/c1-11(2)7-13(16)10-15-9-12-5-4-6-14(8-12)17-3/h4-6,8,11,13,15-16H,7,9-10H2,1-3H3. The van der Waals surface area contributed by atoms with Crippen LogP contribution in [0.3, 0.4) is 0 Å². The largest absolute Gasteiger partial charge is 0.497 e. The second-order valence-electron chi connectivity index (χ2n) is 4.77. The van der Waals surface area contributed by atoms with Gasteiger partial charge >= 0.3 is 0 Å². The Balaban J connectivity index is 2.30. The lowest BCUT2D eigenvalue weighted by Gasteiger charge is -2.14. The maximum atomic E-state index is 9.71. The van der Waals surface area contributed by atoms with E-state index in [1.165, 1.54) is 5.56 Å². The van der Waals surface area contributed by atoms with Gasteiger partial charge in [0.1, 0.15) is 5.75 Å². The van der Waals surface area contributed by atoms with Gasteiger partial charge in [0, 0.05) is 13.1 Å². The van der Waals surface area contributed by atoms with Crippen molar-refractivity contribution < 1.29 is 9.84 Å². The topological polar surface area (TPSA) is 41.5 Å². The van der Waals surface area contributed by atoms with Crippen molar-refractivity contribution in [3.8, 4) is 5.75 Å². The zero-order valence-electron chi connectivity index (χ0n) is 10.9. The van der Waals surface area contributed by atoms with Crippen LogP contribution in [0.5, 0.6) is 5.75 Å². The Morgan fingerprint density at radius 1 is 1.35 bits per heavy atom. The van der Waals surface area contributed by atoms with E-state index in [4.69, 9.17) is 4.74 Å². The SMILES string of the molecule is COc1cccc(CNCC(O)CC(C)C)c1. The molecule has 0 amide bonds. The van der Waals surface area contributed by atoms with E-state index in [0.717, 1.165) is 18.7 Å². The highest BCUT2D eigenvalue weighted by atomic mass is 16.5. The van der Waals surface area contributed by atoms with E-state index in [9.17, 15) is 5.11 Å². The Morgan fingerprint density at radius 2 is 2.12 bits per heavy atom. The highest BCUT2D eigenvalue weighted by Gasteiger charge is 2.06. The molecule has 0 spiro atoms. The Bertz CT molecular complexity index is 326. The molecule has 0 aliphatic rings. The van der Waals surface area contributed by atoms with Crippen molar-refractivity contribution in [2.45, 2.75) is 32.9 Å². The monoisotopic (exact) mass is 237 g/mol. The third-order valence-electron chi connectivity index (χ3n) is 2.59. The number of aliphatic hydroxyl groups excluding tert-OH is 1. The fourth-order valence-electron chi connectivity index (χ4n) is 1.79. The molecule has 0 bridgehead atoms. The van der Waals surface area contributed by atoms with Gasteiger partial charge in [0.2, 0.25) is 0 Å². The summed E-state index contributed by atoms with van der Waals surface area (Å²) >= 11 is 0. The summed E-state index contributed by atoms with van der Waals surface area (Å²) in [5.74, 6) is 1.40. The van der Waals surface area contributed by atoms with Gasteiger partial charge in [0.15, 0.2) is 0 Å². The van der Waals surface area contributed by atoms with Crippen LogP contribution in [0.2, 0.25) is 0 Å². The van der Waals surface area contributed by atoms with Crippen LogP contribution in [0.25, 0.3) is 0 Å². The van der Waals surface area contributed by atoms with Gasteiger partial charge in [-0.05, 0) is 30.0 Å². The Labute approximate surface area is 104 Å². The van der Waals surface area contributed by atoms with Gasteiger partial charge < -0.3 is 15.2 Å². The fourth-order valence-corrected chi connectivity index (χ4v) is 1.79. The zero-order chi connectivity index (χ0) is 12.7. The molecule has 17 heavy (non-hydrogen) atoms. The molecule has 1 atom stereocenters. The Morgan fingerprint density at radius 3 is 2.76 bits per heavy atom. The Kier molecular flexibility index (Phi) is 6.01. The fraction of sp³-hybridized carbons (Fsp3) is 0.571. The molecule has 0 radical (unpaired) electrons. The smallest absolute Gasteiger partial charge is 0.119 e. The third kappa shape index (κ3) is 5.71. The molecule has 0 aliphatic carbocycles. The van der Waals surface area contributed by atoms with E-state index < -0.39 is 0 Å². The summed E-state index contributed by atoms with van der Waals surface area (Å²) in [5.41, 5.74) is 1.17. The molecule has 0 heterocycles. The first-order chi connectivity index (χ1) is 8.11. The van der Waals surface area contributed by atoms with Crippen LogP contribution in [0.1, 0.15) is 25.8 Å². The molecule has 0 saturated heterocycles. The number of hydrogen-bond acceptors (Lipinski definition) is 3. The minimum Gasteiger partial charge on any atom is -0.497 e. The van der Waals surface area contributed by atoms with E-state index in [1.807, 2.05) is 24.3 Å². The minimum absolute atomic E-state index is 0.263. The number of benzene rings is 1. The molecule has 1 aromatic rings. The van der Waals surface area contributed by atoms with E-state index in [0.29, 0.717) is 12.5 Å².